The topological polar surface area (TPSA) is 104 Å². The van der Waals surface area contributed by atoms with E-state index in [1.807, 2.05) is 26.0 Å². The highest BCUT2D eigenvalue weighted by Crippen LogP contribution is 2.30. The summed E-state index contributed by atoms with van der Waals surface area (Å²) in [5.74, 6) is -0.223. The van der Waals surface area contributed by atoms with Crippen LogP contribution in [-0.4, -0.2) is 26.8 Å². The summed E-state index contributed by atoms with van der Waals surface area (Å²) in [5.41, 5.74) is 3.57. The van der Waals surface area contributed by atoms with Crippen molar-refractivity contribution in [2.24, 2.45) is 5.92 Å². The molecule has 8 heteroatoms. The number of benzene rings is 2. The van der Waals surface area contributed by atoms with Crippen molar-refractivity contribution >= 4 is 33.2 Å². The fraction of sp³-hybridized carbons (Fsp3) is 0.364. The molecule has 2 amide bonds. The zero-order chi connectivity index (χ0) is 21.9. The summed E-state index contributed by atoms with van der Waals surface area (Å²) >= 11 is 0. The number of rotatable bonds is 8. The fourth-order valence-corrected chi connectivity index (χ4v) is 4.37. The Labute approximate surface area is 177 Å². The van der Waals surface area contributed by atoms with E-state index in [4.69, 9.17) is 0 Å². The van der Waals surface area contributed by atoms with Crippen molar-refractivity contribution in [1.82, 2.24) is 4.72 Å². The molecule has 0 bridgehead atoms. The van der Waals surface area contributed by atoms with E-state index in [2.05, 4.69) is 15.4 Å². The molecule has 3 N–H and O–H groups in total. The maximum Gasteiger partial charge on any atom is 0.240 e. The number of nitrogens with one attached hydrogen (secondary N) is 3. The lowest BCUT2D eigenvalue weighted by atomic mass is 10.1. The SMILES string of the molecule is Cc1ccc(C)c(S(=O)(=O)NCCC(=O)Nc2cc(NC(=O)C3CC3)ccc2C)c1. The van der Waals surface area contributed by atoms with Crippen LogP contribution in [0.25, 0.3) is 0 Å². The van der Waals surface area contributed by atoms with Gasteiger partial charge in [0.25, 0.3) is 0 Å². The Morgan fingerprint density at radius 2 is 1.67 bits per heavy atom. The number of hydrogen-bond acceptors (Lipinski definition) is 4. The number of sulfonamides is 1. The molecule has 2 aromatic rings. The van der Waals surface area contributed by atoms with Gasteiger partial charge < -0.3 is 10.6 Å². The Hall–Kier alpha value is -2.71. The van der Waals surface area contributed by atoms with E-state index < -0.39 is 10.0 Å². The molecular formula is C22H27N3O4S. The van der Waals surface area contributed by atoms with Gasteiger partial charge in [-0.2, -0.15) is 0 Å². The molecule has 0 saturated heterocycles. The van der Waals surface area contributed by atoms with Crippen LogP contribution in [0, 0.1) is 26.7 Å². The Morgan fingerprint density at radius 1 is 0.967 bits per heavy atom. The summed E-state index contributed by atoms with van der Waals surface area (Å²) in [6, 6.07) is 10.6. The lowest BCUT2D eigenvalue weighted by Crippen LogP contribution is -2.28. The van der Waals surface area contributed by atoms with Crippen LogP contribution >= 0.6 is 0 Å². The summed E-state index contributed by atoms with van der Waals surface area (Å²) in [5, 5.41) is 5.64. The number of aryl methyl sites for hydroxylation is 3. The van der Waals surface area contributed by atoms with E-state index in [0.717, 1.165) is 24.0 Å². The Bertz CT molecular complexity index is 1080. The molecule has 1 saturated carbocycles. The first kappa shape index (κ1) is 22.0. The average molecular weight is 430 g/mol. The molecular weight excluding hydrogens is 402 g/mol. The van der Waals surface area contributed by atoms with Crippen molar-refractivity contribution in [2.75, 3.05) is 17.2 Å². The van der Waals surface area contributed by atoms with Gasteiger partial charge in [-0.25, -0.2) is 13.1 Å². The molecule has 0 spiro atoms. The highest BCUT2D eigenvalue weighted by atomic mass is 32.2. The standard InChI is InChI=1S/C22H27N3O4S/c1-14-4-5-16(3)20(12-14)30(28,29)23-11-10-21(26)25-19-13-18(9-6-15(19)2)24-22(27)17-7-8-17/h4-6,9,12-13,17,23H,7-8,10-11H2,1-3H3,(H,24,27)(H,25,26). The minimum atomic E-state index is -3.69. The molecule has 1 fully saturated rings. The summed E-state index contributed by atoms with van der Waals surface area (Å²) in [6.07, 6.45) is 1.82. The lowest BCUT2D eigenvalue weighted by Gasteiger charge is -2.12. The summed E-state index contributed by atoms with van der Waals surface area (Å²) in [6.45, 7) is 5.40. The predicted octanol–water partition coefficient (Wildman–Crippen LogP) is 3.27. The molecule has 0 aliphatic heterocycles. The fourth-order valence-electron chi connectivity index (χ4n) is 3.01. The van der Waals surface area contributed by atoms with Crippen LogP contribution in [0.1, 0.15) is 36.0 Å². The highest BCUT2D eigenvalue weighted by molar-refractivity contribution is 7.89. The summed E-state index contributed by atoms with van der Waals surface area (Å²) in [7, 11) is -3.69. The summed E-state index contributed by atoms with van der Waals surface area (Å²) < 4.78 is 27.5. The largest absolute Gasteiger partial charge is 0.326 e. The van der Waals surface area contributed by atoms with Gasteiger partial charge in [-0.1, -0.05) is 18.2 Å². The van der Waals surface area contributed by atoms with Gasteiger partial charge in [0.2, 0.25) is 21.8 Å². The van der Waals surface area contributed by atoms with Crippen LogP contribution < -0.4 is 15.4 Å². The maximum atomic E-state index is 12.5. The molecule has 3 rings (SSSR count). The number of carbonyl (C=O) groups excluding carboxylic acids is 2. The normalized spacial score (nSPS) is 13.7. The number of anilines is 2. The second-order valence-corrected chi connectivity index (χ2v) is 9.49. The van der Waals surface area contributed by atoms with Gasteiger partial charge in [0.1, 0.15) is 0 Å². The van der Waals surface area contributed by atoms with Crippen LogP contribution in [0.3, 0.4) is 0 Å². The van der Waals surface area contributed by atoms with Gasteiger partial charge in [0, 0.05) is 30.3 Å². The number of hydrogen-bond donors (Lipinski definition) is 3. The number of carbonyl (C=O) groups is 2. The average Bonchev–Trinajstić information content (AvgIpc) is 3.51. The van der Waals surface area contributed by atoms with Crippen molar-refractivity contribution in [2.45, 2.75) is 44.9 Å². The molecule has 0 aromatic heterocycles. The first-order valence-corrected chi connectivity index (χ1v) is 11.4. The van der Waals surface area contributed by atoms with Crippen molar-refractivity contribution in [3.8, 4) is 0 Å². The third-order valence-corrected chi connectivity index (χ3v) is 6.61. The monoisotopic (exact) mass is 429 g/mol. The first-order chi connectivity index (χ1) is 14.2. The van der Waals surface area contributed by atoms with Crippen LogP contribution in [0.15, 0.2) is 41.3 Å². The van der Waals surface area contributed by atoms with Gasteiger partial charge in [-0.15, -0.1) is 0 Å². The van der Waals surface area contributed by atoms with E-state index in [1.165, 1.54) is 0 Å². The Kier molecular flexibility index (Phi) is 6.58. The van der Waals surface area contributed by atoms with E-state index in [9.17, 15) is 18.0 Å². The van der Waals surface area contributed by atoms with Gasteiger partial charge in [0.05, 0.1) is 4.90 Å². The van der Waals surface area contributed by atoms with Gasteiger partial charge in [0.15, 0.2) is 0 Å². The molecule has 0 heterocycles. The molecule has 1 aliphatic carbocycles. The highest BCUT2D eigenvalue weighted by Gasteiger charge is 2.29. The van der Waals surface area contributed by atoms with Crippen molar-refractivity contribution < 1.29 is 18.0 Å². The Balaban J connectivity index is 1.56. The smallest absolute Gasteiger partial charge is 0.240 e. The minimum Gasteiger partial charge on any atom is -0.326 e. The third kappa shape index (κ3) is 5.67. The molecule has 7 nitrogen and oxygen atoms in total. The number of amides is 2. The van der Waals surface area contributed by atoms with E-state index in [-0.39, 0.29) is 35.6 Å². The van der Waals surface area contributed by atoms with Crippen LogP contribution in [0.4, 0.5) is 11.4 Å². The minimum absolute atomic E-state index is 0.00280. The van der Waals surface area contributed by atoms with Crippen LogP contribution in [0.5, 0.6) is 0 Å². The second-order valence-electron chi connectivity index (χ2n) is 7.76. The molecule has 2 aromatic carbocycles. The van der Waals surface area contributed by atoms with Gasteiger partial charge in [-0.05, 0) is 68.5 Å². The quantitative estimate of drug-likeness (QED) is 0.599. The molecule has 30 heavy (non-hydrogen) atoms. The van der Waals surface area contributed by atoms with Crippen LogP contribution in [0.2, 0.25) is 0 Å². The van der Waals surface area contributed by atoms with Gasteiger partial charge >= 0.3 is 0 Å². The predicted molar refractivity (Wildman–Crippen MR) is 117 cm³/mol. The third-order valence-electron chi connectivity index (χ3n) is 5.00. The maximum absolute atomic E-state index is 12.5. The van der Waals surface area contributed by atoms with E-state index in [0.29, 0.717) is 16.9 Å². The second kappa shape index (κ2) is 8.97. The molecule has 0 atom stereocenters. The molecule has 1 aliphatic rings. The van der Waals surface area contributed by atoms with Crippen molar-refractivity contribution in [1.29, 1.82) is 0 Å². The van der Waals surface area contributed by atoms with E-state index in [1.54, 1.807) is 31.2 Å². The Morgan fingerprint density at radius 3 is 2.37 bits per heavy atom. The van der Waals surface area contributed by atoms with Gasteiger partial charge in [-0.3, -0.25) is 9.59 Å². The summed E-state index contributed by atoms with van der Waals surface area (Å²) in [4.78, 5) is 24.5. The molecule has 160 valence electrons. The first-order valence-electron chi connectivity index (χ1n) is 9.94. The zero-order valence-electron chi connectivity index (χ0n) is 17.4. The molecule has 0 radical (unpaired) electrons. The van der Waals surface area contributed by atoms with E-state index >= 15 is 0 Å². The molecule has 0 unspecified atom stereocenters. The van der Waals surface area contributed by atoms with Crippen molar-refractivity contribution in [3.63, 3.8) is 0 Å². The van der Waals surface area contributed by atoms with Crippen LogP contribution in [-0.2, 0) is 19.6 Å². The lowest BCUT2D eigenvalue weighted by molar-refractivity contribution is -0.117. The zero-order valence-corrected chi connectivity index (χ0v) is 18.2. The van der Waals surface area contributed by atoms with Crippen molar-refractivity contribution in [3.05, 3.63) is 53.1 Å².